The van der Waals surface area contributed by atoms with Crippen LogP contribution in [0.25, 0.3) is 0 Å². The molecule has 1 fully saturated rings. The Kier molecular flexibility index (Phi) is 7.09. The van der Waals surface area contributed by atoms with Gasteiger partial charge in [-0.2, -0.15) is 4.98 Å². The molecule has 0 aliphatic carbocycles. The Balaban J connectivity index is 2.04. The standard InChI is InChI=1S/C15H27N4O6P/c1-8(2)19(9(3)4)26(23)24-7-10-12(20)13(21)14(25-10)18-6-5-11(16)17-15(18)22/h5-6,8-10,12-14,20-21,23H,7H2,1-4H3,(H2,16,17,22)/t10-,12-,13-,14-,26?/m1/s1. The molecule has 0 amide bonds. The lowest BCUT2D eigenvalue weighted by Gasteiger charge is -2.33. The lowest BCUT2D eigenvalue weighted by atomic mass is 10.1. The van der Waals surface area contributed by atoms with E-state index in [1.807, 2.05) is 27.7 Å². The fourth-order valence-electron chi connectivity index (χ4n) is 2.91. The van der Waals surface area contributed by atoms with Crippen molar-refractivity contribution in [3.05, 3.63) is 22.7 Å². The van der Waals surface area contributed by atoms with Crippen molar-refractivity contribution >= 4 is 14.3 Å². The molecule has 0 spiro atoms. The van der Waals surface area contributed by atoms with Gasteiger partial charge in [0.2, 0.25) is 0 Å². The molecular weight excluding hydrogens is 363 g/mol. The first kappa shape index (κ1) is 21.2. The Hall–Kier alpha value is -1.13. The van der Waals surface area contributed by atoms with Gasteiger partial charge in [0.05, 0.1) is 6.61 Å². The highest BCUT2D eigenvalue weighted by Crippen LogP contribution is 2.41. The van der Waals surface area contributed by atoms with Gasteiger partial charge in [0.1, 0.15) is 24.1 Å². The van der Waals surface area contributed by atoms with E-state index in [9.17, 15) is 19.9 Å². The van der Waals surface area contributed by atoms with Gasteiger partial charge in [0, 0.05) is 18.3 Å². The summed E-state index contributed by atoms with van der Waals surface area (Å²) >= 11 is 0. The van der Waals surface area contributed by atoms with Crippen LogP contribution < -0.4 is 11.4 Å². The van der Waals surface area contributed by atoms with Crippen LogP contribution in [0.3, 0.4) is 0 Å². The van der Waals surface area contributed by atoms with Gasteiger partial charge in [-0.05, 0) is 33.8 Å². The van der Waals surface area contributed by atoms with Crippen LogP contribution in [0, 0.1) is 0 Å². The Morgan fingerprint density at radius 2 is 1.96 bits per heavy atom. The average Bonchev–Trinajstić information content (AvgIpc) is 2.80. The van der Waals surface area contributed by atoms with Crippen molar-refractivity contribution < 1.29 is 24.4 Å². The molecule has 1 unspecified atom stereocenters. The lowest BCUT2D eigenvalue weighted by Crippen LogP contribution is -2.37. The molecule has 148 valence electrons. The maximum atomic E-state index is 11.9. The Labute approximate surface area is 153 Å². The number of nitrogens with zero attached hydrogens (tertiary/aromatic N) is 3. The van der Waals surface area contributed by atoms with Crippen LogP contribution in [-0.2, 0) is 9.26 Å². The quantitative estimate of drug-likeness (QED) is 0.465. The molecule has 10 nitrogen and oxygen atoms in total. The second-order valence-corrected chi connectivity index (χ2v) is 7.93. The van der Waals surface area contributed by atoms with E-state index < -0.39 is 38.8 Å². The van der Waals surface area contributed by atoms with Crippen molar-refractivity contribution in [2.45, 2.75) is 64.3 Å². The number of aliphatic hydroxyl groups excluding tert-OH is 2. The highest BCUT2D eigenvalue weighted by molar-refractivity contribution is 7.43. The molecule has 11 heteroatoms. The van der Waals surface area contributed by atoms with E-state index in [4.69, 9.17) is 15.0 Å². The maximum absolute atomic E-state index is 11.9. The molecule has 1 aromatic heterocycles. The van der Waals surface area contributed by atoms with Crippen LogP contribution in [0.15, 0.2) is 17.1 Å². The van der Waals surface area contributed by atoms with Crippen LogP contribution in [0.2, 0.25) is 0 Å². The third-order valence-corrected chi connectivity index (χ3v) is 5.77. The van der Waals surface area contributed by atoms with E-state index in [2.05, 4.69) is 4.98 Å². The smallest absolute Gasteiger partial charge is 0.351 e. The number of rotatable bonds is 7. The highest BCUT2D eigenvalue weighted by Gasteiger charge is 2.44. The van der Waals surface area contributed by atoms with E-state index in [1.54, 1.807) is 4.67 Å². The fraction of sp³-hybridized carbons (Fsp3) is 0.733. The highest BCUT2D eigenvalue weighted by atomic mass is 31.2. The topological polar surface area (TPSA) is 143 Å². The lowest BCUT2D eigenvalue weighted by molar-refractivity contribution is -0.0524. The first-order valence-electron chi connectivity index (χ1n) is 8.40. The molecule has 26 heavy (non-hydrogen) atoms. The summed E-state index contributed by atoms with van der Waals surface area (Å²) in [6.45, 7) is 7.63. The van der Waals surface area contributed by atoms with Crippen molar-refractivity contribution in [3.8, 4) is 0 Å². The van der Waals surface area contributed by atoms with Crippen molar-refractivity contribution in [1.82, 2.24) is 14.2 Å². The van der Waals surface area contributed by atoms with Gasteiger partial charge in [-0.1, -0.05) is 0 Å². The SMILES string of the molecule is CC(C)N(C(C)C)P(O)OC[C@H]1O[C@@H](n2ccc(N)nc2=O)[C@H](O)[C@@H]1O. The normalized spacial score (nSPS) is 27.6. The molecule has 1 saturated heterocycles. The zero-order valence-corrected chi connectivity index (χ0v) is 16.2. The average molecular weight is 390 g/mol. The first-order valence-corrected chi connectivity index (χ1v) is 9.56. The molecule has 5 N–H and O–H groups in total. The predicted molar refractivity (Wildman–Crippen MR) is 96.0 cm³/mol. The number of nitrogen functional groups attached to an aromatic ring is 1. The molecule has 1 aromatic rings. The van der Waals surface area contributed by atoms with Crippen molar-refractivity contribution in [2.24, 2.45) is 0 Å². The number of hydrogen-bond donors (Lipinski definition) is 4. The molecule has 0 bridgehead atoms. The largest absolute Gasteiger partial charge is 0.387 e. The zero-order chi connectivity index (χ0) is 19.6. The van der Waals surface area contributed by atoms with E-state index in [1.165, 1.54) is 12.3 Å². The summed E-state index contributed by atoms with van der Waals surface area (Å²) in [5, 5.41) is 20.4. The maximum Gasteiger partial charge on any atom is 0.351 e. The van der Waals surface area contributed by atoms with E-state index >= 15 is 0 Å². The summed E-state index contributed by atoms with van der Waals surface area (Å²) in [6, 6.07) is 1.53. The van der Waals surface area contributed by atoms with Gasteiger partial charge < -0.3 is 30.1 Å². The molecule has 0 radical (unpaired) electrons. The van der Waals surface area contributed by atoms with Crippen molar-refractivity contribution in [1.29, 1.82) is 0 Å². The summed E-state index contributed by atoms with van der Waals surface area (Å²) in [4.78, 5) is 25.8. The minimum Gasteiger partial charge on any atom is -0.387 e. The molecule has 5 atom stereocenters. The van der Waals surface area contributed by atoms with Gasteiger partial charge in [-0.15, -0.1) is 0 Å². The number of hydrogen-bond acceptors (Lipinski definition) is 9. The van der Waals surface area contributed by atoms with Crippen molar-refractivity contribution in [2.75, 3.05) is 12.3 Å². The third kappa shape index (κ3) is 4.58. The van der Waals surface area contributed by atoms with Gasteiger partial charge in [0.25, 0.3) is 8.53 Å². The zero-order valence-electron chi connectivity index (χ0n) is 15.3. The van der Waals surface area contributed by atoms with Crippen LogP contribution in [0.5, 0.6) is 0 Å². The second-order valence-electron chi connectivity index (χ2n) is 6.70. The molecule has 0 saturated carbocycles. The van der Waals surface area contributed by atoms with Crippen LogP contribution in [0.4, 0.5) is 5.82 Å². The van der Waals surface area contributed by atoms with E-state index in [0.29, 0.717) is 0 Å². The summed E-state index contributed by atoms with van der Waals surface area (Å²) in [5.41, 5.74) is 4.75. The van der Waals surface area contributed by atoms with Crippen LogP contribution >= 0.6 is 8.53 Å². The fourth-order valence-corrected chi connectivity index (χ4v) is 4.12. The number of ether oxygens (including phenoxy) is 1. The number of anilines is 1. The molecule has 1 aliphatic heterocycles. The van der Waals surface area contributed by atoms with E-state index in [-0.39, 0.29) is 24.5 Å². The second kappa shape index (κ2) is 8.71. The summed E-state index contributed by atoms with van der Waals surface area (Å²) in [7, 11) is -1.89. The first-order chi connectivity index (χ1) is 12.1. The van der Waals surface area contributed by atoms with Gasteiger partial charge in [-0.3, -0.25) is 4.57 Å². The minimum absolute atomic E-state index is 0.0487. The minimum atomic E-state index is -1.89. The van der Waals surface area contributed by atoms with E-state index in [0.717, 1.165) is 4.57 Å². The molecular formula is C15H27N4O6P. The Morgan fingerprint density at radius 1 is 1.35 bits per heavy atom. The Bertz CT molecular complexity index is 649. The predicted octanol–water partition coefficient (Wildman–Crippen LogP) is -0.201. The van der Waals surface area contributed by atoms with Gasteiger partial charge in [-0.25, -0.2) is 9.46 Å². The number of aromatic nitrogens is 2. The number of aliphatic hydroxyl groups is 2. The summed E-state index contributed by atoms with van der Waals surface area (Å²) in [5.74, 6) is 0.0487. The molecule has 0 aromatic carbocycles. The van der Waals surface area contributed by atoms with Gasteiger partial charge >= 0.3 is 5.69 Å². The molecule has 1 aliphatic rings. The van der Waals surface area contributed by atoms with Crippen LogP contribution in [-0.4, -0.2) is 66.3 Å². The third-order valence-electron chi connectivity index (χ3n) is 4.07. The summed E-state index contributed by atoms with van der Waals surface area (Å²) < 4.78 is 13.9. The number of nitrogens with two attached hydrogens (primary N) is 1. The van der Waals surface area contributed by atoms with Crippen molar-refractivity contribution in [3.63, 3.8) is 0 Å². The summed E-state index contributed by atoms with van der Waals surface area (Å²) in [6.07, 6.45) is -3.30. The van der Waals surface area contributed by atoms with Crippen LogP contribution in [0.1, 0.15) is 33.9 Å². The molecule has 2 rings (SSSR count). The monoisotopic (exact) mass is 390 g/mol. The van der Waals surface area contributed by atoms with Gasteiger partial charge in [0.15, 0.2) is 6.23 Å². The Morgan fingerprint density at radius 3 is 2.50 bits per heavy atom. The molecule has 2 heterocycles.